The van der Waals surface area contributed by atoms with Crippen molar-refractivity contribution in [3.05, 3.63) is 64.7 Å². The van der Waals surface area contributed by atoms with E-state index in [9.17, 15) is 4.79 Å². The lowest BCUT2D eigenvalue weighted by atomic mass is 9.94. The summed E-state index contributed by atoms with van der Waals surface area (Å²) in [7, 11) is 1.69. The Balaban J connectivity index is 1.53. The van der Waals surface area contributed by atoms with Crippen molar-refractivity contribution in [2.24, 2.45) is 0 Å². The molecule has 0 aromatic heterocycles. The number of nitrogens with one attached hydrogen (secondary N) is 1. The van der Waals surface area contributed by atoms with Gasteiger partial charge in [-0.2, -0.15) is 0 Å². The van der Waals surface area contributed by atoms with Crippen LogP contribution < -0.4 is 10.1 Å². The minimum Gasteiger partial charge on any atom is -0.496 e. The van der Waals surface area contributed by atoms with Crippen molar-refractivity contribution >= 4 is 17.5 Å². The molecule has 0 radical (unpaired) electrons. The summed E-state index contributed by atoms with van der Waals surface area (Å²) in [5.74, 6) is 0.997. The van der Waals surface area contributed by atoms with Gasteiger partial charge < -0.3 is 10.1 Å². The van der Waals surface area contributed by atoms with Crippen LogP contribution in [0.25, 0.3) is 0 Å². The van der Waals surface area contributed by atoms with Gasteiger partial charge in [-0.15, -0.1) is 0 Å². The molecule has 4 heteroatoms. The van der Waals surface area contributed by atoms with Crippen molar-refractivity contribution < 1.29 is 9.53 Å². The minimum absolute atomic E-state index is 0.0442. The van der Waals surface area contributed by atoms with Gasteiger partial charge in [0.15, 0.2) is 0 Å². The Morgan fingerprint density at radius 3 is 2.54 bits per heavy atom. The molecule has 0 aliphatic heterocycles. The van der Waals surface area contributed by atoms with Crippen LogP contribution in [-0.2, 0) is 16.6 Å². The summed E-state index contributed by atoms with van der Waals surface area (Å²) in [6.45, 7) is 0.673. The molecule has 3 nitrogen and oxygen atoms in total. The van der Waals surface area contributed by atoms with Gasteiger partial charge in [0.1, 0.15) is 5.75 Å². The molecule has 1 fully saturated rings. The van der Waals surface area contributed by atoms with E-state index in [1.54, 1.807) is 7.11 Å². The van der Waals surface area contributed by atoms with Crippen molar-refractivity contribution in [3.63, 3.8) is 0 Å². The molecule has 0 spiro atoms. The molecule has 0 saturated heterocycles. The van der Waals surface area contributed by atoms with E-state index < -0.39 is 0 Å². The average molecular weight is 344 g/mol. The lowest BCUT2D eigenvalue weighted by molar-refractivity contribution is -0.121. The Labute approximate surface area is 148 Å². The number of halogens is 1. The van der Waals surface area contributed by atoms with Gasteiger partial charge in [-0.25, -0.2) is 0 Å². The Morgan fingerprint density at radius 1 is 1.17 bits per heavy atom. The summed E-state index contributed by atoms with van der Waals surface area (Å²) in [6.07, 6.45) is 3.39. The van der Waals surface area contributed by atoms with Gasteiger partial charge in [0.2, 0.25) is 5.91 Å². The number of ether oxygens (including phenoxy) is 1. The van der Waals surface area contributed by atoms with E-state index in [-0.39, 0.29) is 11.3 Å². The summed E-state index contributed by atoms with van der Waals surface area (Å²) in [4.78, 5) is 12.2. The first-order valence-electron chi connectivity index (χ1n) is 8.28. The number of amides is 1. The topological polar surface area (TPSA) is 38.3 Å². The molecule has 1 aliphatic carbocycles. The second-order valence-corrected chi connectivity index (χ2v) is 6.82. The molecule has 0 unspecified atom stereocenters. The van der Waals surface area contributed by atoms with Crippen LogP contribution in [0.15, 0.2) is 48.5 Å². The highest BCUT2D eigenvalue weighted by Gasteiger charge is 2.46. The third-order valence-electron chi connectivity index (χ3n) is 4.71. The second kappa shape index (κ2) is 7.27. The number of carbonyl (C=O) groups excluding carboxylic acids is 1. The van der Waals surface area contributed by atoms with E-state index in [0.717, 1.165) is 35.6 Å². The smallest absolute Gasteiger partial charge is 0.220 e. The molecular formula is C20H22ClNO2. The van der Waals surface area contributed by atoms with E-state index >= 15 is 0 Å². The summed E-state index contributed by atoms with van der Waals surface area (Å²) >= 11 is 5.87. The van der Waals surface area contributed by atoms with Crippen LogP contribution in [-0.4, -0.2) is 19.6 Å². The number of methoxy groups -OCH3 is 1. The first-order valence-corrected chi connectivity index (χ1v) is 8.65. The zero-order chi connectivity index (χ0) is 17.0. The average Bonchev–Trinajstić information content (AvgIpc) is 3.40. The Kier molecular flexibility index (Phi) is 5.10. The monoisotopic (exact) mass is 343 g/mol. The van der Waals surface area contributed by atoms with Crippen LogP contribution in [0.2, 0.25) is 5.02 Å². The van der Waals surface area contributed by atoms with Gasteiger partial charge in [-0.1, -0.05) is 41.9 Å². The van der Waals surface area contributed by atoms with Crippen molar-refractivity contribution in [1.82, 2.24) is 5.32 Å². The lowest BCUT2D eigenvalue weighted by Gasteiger charge is -2.19. The van der Waals surface area contributed by atoms with Gasteiger partial charge in [-0.3, -0.25) is 4.79 Å². The molecule has 24 heavy (non-hydrogen) atoms. The molecule has 126 valence electrons. The number of hydrogen-bond donors (Lipinski definition) is 1. The van der Waals surface area contributed by atoms with Crippen molar-refractivity contribution in [1.29, 1.82) is 0 Å². The molecule has 0 atom stereocenters. The molecule has 2 aromatic carbocycles. The summed E-state index contributed by atoms with van der Waals surface area (Å²) in [5.41, 5.74) is 2.37. The molecule has 3 rings (SSSR count). The highest BCUT2D eigenvalue weighted by molar-refractivity contribution is 6.30. The second-order valence-electron chi connectivity index (χ2n) is 6.38. The zero-order valence-corrected chi connectivity index (χ0v) is 14.6. The first kappa shape index (κ1) is 16.8. The predicted octanol–water partition coefficient (Wildman–Crippen LogP) is 4.13. The van der Waals surface area contributed by atoms with E-state index in [1.165, 1.54) is 5.56 Å². The Morgan fingerprint density at radius 2 is 1.88 bits per heavy atom. The van der Waals surface area contributed by atoms with E-state index in [2.05, 4.69) is 11.4 Å². The molecule has 0 bridgehead atoms. The number of rotatable bonds is 7. The van der Waals surface area contributed by atoms with Gasteiger partial charge in [-0.05, 0) is 43.0 Å². The highest BCUT2D eigenvalue weighted by atomic mass is 35.5. The van der Waals surface area contributed by atoms with Crippen LogP contribution in [0, 0.1) is 0 Å². The lowest BCUT2D eigenvalue weighted by Crippen LogP contribution is -2.32. The summed E-state index contributed by atoms with van der Waals surface area (Å²) in [5, 5.41) is 3.81. The molecule has 2 aromatic rings. The molecule has 1 amide bonds. The quantitative estimate of drug-likeness (QED) is 0.821. The minimum atomic E-state index is 0.0442. The fraction of sp³-hybridized carbons (Fsp3) is 0.350. The van der Waals surface area contributed by atoms with Crippen LogP contribution in [0.1, 0.15) is 30.4 Å². The van der Waals surface area contributed by atoms with Crippen LogP contribution in [0.5, 0.6) is 5.75 Å². The molecule has 1 aliphatic rings. The number of aryl methyl sites for hydroxylation is 1. The van der Waals surface area contributed by atoms with Crippen LogP contribution in [0.4, 0.5) is 0 Å². The van der Waals surface area contributed by atoms with Crippen molar-refractivity contribution in [2.45, 2.75) is 31.1 Å². The fourth-order valence-electron chi connectivity index (χ4n) is 3.04. The first-order chi connectivity index (χ1) is 11.6. The van der Waals surface area contributed by atoms with E-state index in [0.29, 0.717) is 13.0 Å². The number of para-hydroxylation sites is 1. The van der Waals surface area contributed by atoms with Crippen molar-refractivity contribution in [3.8, 4) is 5.75 Å². The Hall–Kier alpha value is -2.00. The third kappa shape index (κ3) is 3.90. The summed E-state index contributed by atoms with van der Waals surface area (Å²) < 4.78 is 5.47. The van der Waals surface area contributed by atoms with Gasteiger partial charge in [0, 0.05) is 29.0 Å². The van der Waals surface area contributed by atoms with Crippen molar-refractivity contribution in [2.75, 3.05) is 13.7 Å². The highest BCUT2D eigenvalue weighted by Crippen LogP contribution is 2.50. The number of benzene rings is 2. The maximum Gasteiger partial charge on any atom is 0.220 e. The predicted molar refractivity (Wildman–Crippen MR) is 96.7 cm³/mol. The zero-order valence-electron chi connectivity index (χ0n) is 13.8. The standard InChI is InChI=1S/C20H22ClNO2/c1-24-18-5-3-2-4-17(18)20(12-13-20)14-22-19(23)11-8-15-6-9-16(21)10-7-15/h2-7,9-10H,8,11-14H2,1H3,(H,22,23). The maximum absolute atomic E-state index is 12.2. The third-order valence-corrected chi connectivity index (χ3v) is 4.96. The molecular weight excluding hydrogens is 322 g/mol. The largest absolute Gasteiger partial charge is 0.496 e. The normalized spacial score (nSPS) is 14.9. The van der Waals surface area contributed by atoms with Crippen LogP contribution >= 0.6 is 11.6 Å². The van der Waals surface area contributed by atoms with E-state index in [4.69, 9.17) is 16.3 Å². The Bertz CT molecular complexity index is 708. The summed E-state index contributed by atoms with van der Waals surface area (Å²) in [6, 6.07) is 15.7. The SMILES string of the molecule is COc1ccccc1C1(CNC(=O)CCc2ccc(Cl)cc2)CC1. The number of hydrogen-bond acceptors (Lipinski definition) is 2. The number of carbonyl (C=O) groups is 1. The van der Waals surface area contributed by atoms with Gasteiger partial charge >= 0.3 is 0 Å². The van der Waals surface area contributed by atoms with Gasteiger partial charge in [0.25, 0.3) is 0 Å². The molecule has 1 saturated carbocycles. The molecule has 1 N–H and O–H groups in total. The molecule has 0 heterocycles. The van der Waals surface area contributed by atoms with Gasteiger partial charge in [0.05, 0.1) is 7.11 Å². The maximum atomic E-state index is 12.2. The van der Waals surface area contributed by atoms with E-state index in [1.807, 2.05) is 42.5 Å². The van der Waals surface area contributed by atoms with Crippen LogP contribution in [0.3, 0.4) is 0 Å². The fourth-order valence-corrected chi connectivity index (χ4v) is 3.17.